The second-order valence-corrected chi connectivity index (χ2v) is 6.32. The standard InChI is InChI=1S/C22H19N3O6/c26-21(14-30-19-10-6-17(7-11-19)16-4-2-1-3-5-16)23-24-22(27)15-31-20-12-8-18(9-13-20)25(28)29/h1-13H,14-15H2,(H,23,26)(H,24,27). The second-order valence-electron chi connectivity index (χ2n) is 6.32. The average Bonchev–Trinajstić information content (AvgIpc) is 2.81. The van der Waals surface area contributed by atoms with Crippen molar-refractivity contribution in [1.82, 2.24) is 10.9 Å². The Morgan fingerprint density at radius 3 is 1.65 bits per heavy atom. The lowest BCUT2D eigenvalue weighted by atomic mass is 10.1. The predicted octanol–water partition coefficient (Wildman–Crippen LogP) is 2.87. The van der Waals surface area contributed by atoms with Gasteiger partial charge < -0.3 is 9.47 Å². The molecule has 3 aromatic carbocycles. The van der Waals surface area contributed by atoms with Crippen molar-refractivity contribution >= 4 is 17.5 Å². The van der Waals surface area contributed by atoms with Gasteiger partial charge in [0.1, 0.15) is 11.5 Å². The van der Waals surface area contributed by atoms with E-state index in [1.54, 1.807) is 12.1 Å². The summed E-state index contributed by atoms with van der Waals surface area (Å²) < 4.78 is 10.6. The van der Waals surface area contributed by atoms with Crippen LogP contribution in [0.2, 0.25) is 0 Å². The zero-order valence-electron chi connectivity index (χ0n) is 16.3. The maximum Gasteiger partial charge on any atom is 0.276 e. The Morgan fingerprint density at radius 2 is 1.16 bits per heavy atom. The molecule has 0 saturated heterocycles. The number of amides is 2. The van der Waals surface area contributed by atoms with Crippen molar-refractivity contribution < 1.29 is 24.0 Å². The van der Waals surface area contributed by atoms with Crippen LogP contribution in [-0.2, 0) is 9.59 Å². The zero-order chi connectivity index (χ0) is 22.1. The highest BCUT2D eigenvalue weighted by Gasteiger charge is 2.08. The van der Waals surface area contributed by atoms with Crippen LogP contribution >= 0.6 is 0 Å². The zero-order valence-corrected chi connectivity index (χ0v) is 16.3. The van der Waals surface area contributed by atoms with E-state index in [0.717, 1.165) is 11.1 Å². The third-order valence-electron chi connectivity index (χ3n) is 4.09. The number of hydrogen-bond acceptors (Lipinski definition) is 6. The van der Waals surface area contributed by atoms with Crippen LogP contribution in [0.15, 0.2) is 78.9 Å². The Hall–Kier alpha value is -4.40. The quantitative estimate of drug-likeness (QED) is 0.426. The highest BCUT2D eigenvalue weighted by atomic mass is 16.6. The monoisotopic (exact) mass is 421 g/mol. The summed E-state index contributed by atoms with van der Waals surface area (Å²) in [7, 11) is 0. The number of hydrogen-bond donors (Lipinski definition) is 2. The van der Waals surface area contributed by atoms with Crippen LogP contribution in [0, 0.1) is 10.1 Å². The molecule has 9 nitrogen and oxygen atoms in total. The van der Waals surface area contributed by atoms with Gasteiger partial charge >= 0.3 is 0 Å². The molecule has 3 rings (SSSR count). The van der Waals surface area contributed by atoms with Crippen molar-refractivity contribution in [3.05, 3.63) is 89.0 Å². The number of nitrogens with zero attached hydrogens (tertiary/aromatic N) is 1. The molecule has 0 aromatic heterocycles. The first-order valence-corrected chi connectivity index (χ1v) is 9.24. The molecular weight excluding hydrogens is 402 g/mol. The van der Waals surface area contributed by atoms with Crippen molar-refractivity contribution in [2.75, 3.05) is 13.2 Å². The second kappa shape index (κ2) is 10.4. The molecule has 3 aromatic rings. The molecule has 0 bridgehead atoms. The lowest BCUT2D eigenvalue weighted by Crippen LogP contribution is -2.45. The highest BCUT2D eigenvalue weighted by molar-refractivity contribution is 5.83. The minimum atomic E-state index is -0.598. The topological polar surface area (TPSA) is 120 Å². The molecule has 158 valence electrons. The molecule has 2 N–H and O–H groups in total. The van der Waals surface area contributed by atoms with Crippen molar-refractivity contribution in [2.45, 2.75) is 0 Å². The number of non-ortho nitro benzene ring substituents is 1. The Morgan fingerprint density at radius 1 is 0.710 bits per heavy atom. The van der Waals surface area contributed by atoms with Crippen LogP contribution in [0.5, 0.6) is 11.5 Å². The molecule has 9 heteroatoms. The number of nitrogens with one attached hydrogen (secondary N) is 2. The Kier molecular flexibility index (Phi) is 7.15. The van der Waals surface area contributed by atoms with Crippen molar-refractivity contribution in [3.63, 3.8) is 0 Å². The fourth-order valence-corrected chi connectivity index (χ4v) is 2.55. The van der Waals surface area contributed by atoms with E-state index < -0.39 is 16.7 Å². The first kappa shape index (κ1) is 21.3. The van der Waals surface area contributed by atoms with Crippen LogP contribution in [0.25, 0.3) is 11.1 Å². The maximum atomic E-state index is 11.8. The molecule has 0 fully saturated rings. The van der Waals surface area contributed by atoms with E-state index in [-0.39, 0.29) is 24.7 Å². The van der Waals surface area contributed by atoms with Crippen molar-refractivity contribution in [1.29, 1.82) is 0 Å². The molecule has 31 heavy (non-hydrogen) atoms. The van der Waals surface area contributed by atoms with Crippen LogP contribution in [0.4, 0.5) is 5.69 Å². The Bertz CT molecular complexity index is 1040. The van der Waals surface area contributed by atoms with Crippen LogP contribution in [0.1, 0.15) is 0 Å². The van der Waals surface area contributed by atoms with Gasteiger partial charge in [-0.25, -0.2) is 0 Å². The third kappa shape index (κ3) is 6.57. The van der Waals surface area contributed by atoms with E-state index in [9.17, 15) is 19.7 Å². The van der Waals surface area contributed by atoms with E-state index in [4.69, 9.17) is 9.47 Å². The van der Waals surface area contributed by atoms with E-state index >= 15 is 0 Å². The molecule has 0 heterocycles. The molecule has 0 spiro atoms. The van der Waals surface area contributed by atoms with E-state index in [1.807, 2.05) is 42.5 Å². The van der Waals surface area contributed by atoms with Crippen LogP contribution < -0.4 is 20.3 Å². The maximum absolute atomic E-state index is 11.8. The summed E-state index contributed by atoms with van der Waals surface area (Å²) in [6.07, 6.45) is 0. The summed E-state index contributed by atoms with van der Waals surface area (Å²) in [5.41, 5.74) is 6.43. The molecule has 0 atom stereocenters. The lowest BCUT2D eigenvalue weighted by molar-refractivity contribution is -0.384. The predicted molar refractivity (Wildman–Crippen MR) is 112 cm³/mol. The Labute approximate surface area is 177 Å². The number of benzene rings is 3. The van der Waals surface area contributed by atoms with E-state index in [1.165, 1.54) is 24.3 Å². The molecule has 0 aliphatic heterocycles. The number of nitro benzene ring substituents is 1. The number of ether oxygens (including phenoxy) is 2. The van der Waals surface area contributed by atoms with Crippen LogP contribution in [0.3, 0.4) is 0 Å². The number of hydrazine groups is 1. The molecule has 0 radical (unpaired) electrons. The smallest absolute Gasteiger partial charge is 0.276 e. The van der Waals surface area contributed by atoms with Gasteiger partial charge in [0, 0.05) is 12.1 Å². The van der Waals surface area contributed by atoms with Gasteiger partial charge in [-0.15, -0.1) is 0 Å². The number of rotatable bonds is 8. The van der Waals surface area contributed by atoms with Crippen molar-refractivity contribution in [3.8, 4) is 22.6 Å². The molecule has 0 aliphatic rings. The summed E-state index contributed by atoms with van der Waals surface area (Å²) in [5.74, 6) is -0.341. The molecule has 0 saturated carbocycles. The summed E-state index contributed by atoms with van der Waals surface area (Å²) in [6.45, 7) is -0.659. The van der Waals surface area contributed by atoms with Crippen LogP contribution in [-0.4, -0.2) is 30.0 Å². The summed E-state index contributed by atoms with van der Waals surface area (Å²) >= 11 is 0. The van der Waals surface area contributed by atoms with Gasteiger partial charge in [-0.2, -0.15) is 0 Å². The lowest BCUT2D eigenvalue weighted by Gasteiger charge is -2.10. The summed E-state index contributed by atoms with van der Waals surface area (Å²) in [4.78, 5) is 33.6. The van der Waals surface area contributed by atoms with Gasteiger partial charge in [0.25, 0.3) is 17.5 Å². The molecule has 2 amide bonds. The molecule has 0 unspecified atom stereocenters. The van der Waals surface area contributed by atoms with Gasteiger partial charge in [0.05, 0.1) is 4.92 Å². The minimum absolute atomic E-state index is 0.0845. The number of carbonyl (C=O) groups excluding carboxylic acids is 2. The van der Waals surface area contributed by atoms with Gasteiger partial charge in [0.15, 0.2) is 13.2 Å². The summed E-state index contributed by atoms with van der Waals surface area (Å²) in [5, 5.41) is 10.6. The average molecular weight is 421 g/mol. The van der Waals surface area contributed by atoms with Gasteiger partial charge in [-0.05, 0) is 35.4 Å². The highest BCUT2D eigenvalue weighted by Crippen LogP contribution is 2.22. The molecule has 0 aliphatic carbocycles. The van der Waals surface area contributed by atoms with Gasteiger partial charge in [-0.1, -0.05) is 42.5 Å². The fourth-order valence-electron chi connectivity index (χ4n) is 2.55. The van der Waals surface area contributed by atoms with E-state index in [0.29, 0.717) is 5.75 Å². The Balaban J connectivity index is 1.37. The van der Waals surface area contributed by atoms with Gasteiger partial charge in [0.2, 0.25) is 0 Å². The largest absolute Gasteiger partial charge is 0.484 e. The fraction of sp³-hybridized carbons (Fsp3) is 0.0909. The number of nitro groups is 1. The number of carbonyl (C=O) groups is 2. The first-order valence-electron chi connectivity index (χ1n) is 9.24. The molecular formula is C22H19N3O6. The summed E-state index contributed by atoms with van der Waals surface area (Å²) in [6, 6.07) is 22.4. The van der Waals surface area contributed by atoms with Gasteiger partial charge in [-0.3, -0.25) is 30.6 Å². The minimum Gasteiger partial charge on any atom is -0.484 e. The van der Waals surface area contributed by atoms with E-state index in [2.05, 4.69) is 10.9 Å². The van der Waals surface area contributed by atoms with Crippen molar-refractivity contribution in [2.24, 2.45) is 0 Å². The third-order valence-corrected chi connectivity index (χ3v) is 4.09. The SMILES string of the molecule is O=C(COc1ccc(-c2ccccc2)cc1)NNC(=O)COc1ccc([N+](=O)[O-])cc1. The normalized spacial score (nSPS) is 10.1. The first-order chi connectivity index (χ1) is 15.0.